The number of nitrogens with zero attached hydrogens (tertiary/aromatic N) is 2. The largest absolute Gasteiger partial charge is 0.496 e. The van der Waals surface area contributed by atoms with E-state index in [2.05, 4.69) is 60.1 Å². The molecule has 0 saturated carbocycles. The maximum atomic E-state index is 12.6. The lowest BCUT2D eigenvalue weighted by Crippen LogP contribution is -2.25. The highest BCUT2D eigenvalue weighted by Gasteiger charge is 2.13. The molecule has 4 aromatic rings. The lowest BCUT2D eigenvalue weighted by atomic mass is 10.1. The molecule has 0 spiro atoms. The van der Waals surface area contributed by atoms with Crippen molar-refractivity contribution in [2.45, 2.75) is 46.1 Å². The average Bonchev–Trinajstić information content (AvgIpc) is 3.23. The maximum Gasteiger partial charge on any atom is 0.255 e. The van der Waals surface area contributed by atoms with Gasteiger partial charge in [-0.25, -0.2) is 4.98 Å². The molecule has 1 heterocycles. The molecule has 0 atom stereocenters. The van der Waals surface area contributed by atoms with Gasteiger partial charge in [-0.3, -0.25) is 4.79 Å². The number of benzene rings is 3. The van der Waals surface area contributed by atoms with Gasteiger partial charge in [0.2, 0.25) is 0 Å². The number of ether oxygens (including phenoxy) is 2. The minimum Gasteiger partial charge on any atom is -0.496 e. The molecule has 6 heteroatoms. The van der Waals surface area contributed by atoms with Gasteiger partial charge < -0.3 is 19.4 Å². The van der Waals surface area contributed by atoms with E-state index >= 15 is 0 Å². The Bertz CT molecular complexity index is 1290. The fourth-order valence-corrected chi connectivity index (χ4v) is 4.52. The Labute approximate surface area is 213 Å². The van der Waals surface area contributed by atoms with E-state index < -0.39 is 0 Å². The molecule has 0 saturated heterocycles. The van der Waals surface area contributed by atoms with Gasteiger partial charge >= 0.3 is 0 Å². The number of imidazole rings is 1. The molecule has 0 radical (unpaired) electrons. The number of unbranched alkanes of at least 4 members (excludes halogenated alkanes) is 1. The normalized spacial score (nSPS) is 11.0. The van der Waals surface area contributed by atoms with Gasteiger partial charge in [0.05, 0.1) is 30.3 Å². The number of carbonyl (C=O) groups excluding carboxylic acids is 1. The van der Waals surface area contributed by atoms with Crippen LogP contribution in [-0.2, 0) is 13.0 Å². The minimum absolute atomic E-state index is 0.121. The van der Waals surface area contributed by atoms with Crippen LogP contribution in [0.5, 0.6) is 11.5 Å². The molecule has 1 aromatic heterocycles. The molecule has 0 aliphatic carbocycles. The van der Waals surface area contributed by atoms with Crippen LogP contribution in [0, 0.1) is 13.8 Å². The third kappa shape index (κ3) is 6.45. The van der Waals surface area contributed by atoms with Crippen LogP contribution < -0.4 is 14.8 Å². The lowest BCUT2D eigenvalue weighted by Gasteiger charge is -2.12. The summed E-state index contributed by atoms with van der Waals surface area (Å²) in [7, 11) is 1.58. The average molecular weight is 486 g/mol. The SMILES string of the molecule is COc1ccccc1C(=O)NCCCc1nc2ccccc2n1CCCCOc1cc(C)cc(C)c1. The predicted octanol–water partition coefficient (Wildman–Crippen LogP) is 5.88. The zero-order chi connectivity index (χ0) is 25.3. The van der Waals surface area contributed by atoms with Gasteiger partial charge in [0.15, 0.2) is 0 Å². The first-order chi connectivity index (χ1) is 17.5. The van der Waals surface area contributed by atoms with Crippen LogP contribution in [0.3, 0.4) is 0 Å². The van der Waals surface area contributed by atoms with Crippen LogP contribution in [0.15, 0.2) is 66.7 Å². The zero-order valence-corrected chi connectivity index (χ0v) is 21.4. The van der Waals surface area contributed by atoms with E-state index in [-0.39, 0.29) is 5.91 Å². The smallest absolute Gasteiger partial charge is 0.255 e. The quantitative estimate of drug-likeness (QED) is 0.254. The van der Waals surface area contributed by atoms with Crippen molar-refractivity contribution in [1.29, 1.82) is 0 Å². The number of methoxy groups -OCH3 is 1. The first-order valence-electron chi connectivity index (χ1n) is 12.6. The van der Waals surface area contributed by atoms with Crippen molar-refractivity contribution in [3.63, 3.8) is 0 Å². The second-order valence-corrected chi connectivity index (χ2v) is 9.11. The van der Waals surface area contributed by atoms with Crippen LogP contribution in [-0.4, -0.2) is 35.7 Å². The van der Waals surface area contributed by atoms with Gasteiger partial charge in [-0.2, -0.15) is 0 Å². The molecule has 36 heavy (non-hydrogen) atoms. The van der Waals surface area contributed by atoms with E-state index in [1.54, 1.807) is 19.2 Å². The molecule has 1 amide bonds. The summed E-state index contributed by atoms with van der Waals surface area (Å²) in [4.78, 5) is 17.4. The number of carbonyl (C=O) groups is 1. The fraction of sp³-hybridized carbons (Fsp3) is 0.333. The summed E-state index contributed by atoms with van der Waals surface area (Å²) in [5.74, 6) is 2.46. The molecule has 0 fully saturated rings. The Morgan fingerprint density at radius 2 is 1.69 bits per heavy atom. The van der Waals surface area contributed by atoms with Gasteiger partial charge in [-0.15, -0.1) is 0 Å². The summed E-state index contributed by atoms with van der Waals surface area (Å²) >= 11 is 0. The Hall–Kier alpha value is -3.80. The first-order valence-corrected chi connectivity index (χ1v) is 12.6. The number of nitrogens with one attached hydrogen (secondary N) is 1. The number of aromatic nitrogens is 2. The molecular weight excluding hydrogens is 450 g/mol. The number of rotatable bonds is 12. The van der Waals surface area contributed by atoms with E-state index in [0.29, 0.717) is 24.5 Å². The van der Waals surface area contributed by atoms with Crippen LogP contribution >= 0.6 is 0 Å². The summed E-state index contributed by atoms with van der Waals surface area (Å²) in [5.41, 5.74) is 5.16. The molecule has 0 aliphatic heterocycles. The number of para-hydroxylation sites is 3. The minimum atomic E-state index is -0.121. The van der Waals surface area contributed by atoms with Crippen LogP contribution in [0.1, 0.15) is 46.6 Å². The van der Waals surface area contributed by atoms with Gasteiger partial charge in [0, 0.05) is 19.5 Å². The lowest BCUT2D eigenvalue weighted by molar-refractivity contribution is 0.0950. The second-order valence-electron chi connectivity index (χ2n) is 9.11. The zero-order valence-electron chi connectivity index (χ0n) is 21.4. The van der Waals surface area contributed by atoms with E-state index in [9.17, 15) is 4.79 Å². The van der Waals surface area contributed by atoms with Crippen LogP contribution in [0.25, 0.3) is 11.0 Å². The van der Waals surface area contributed by atoms with E-state index in [1.807, 2.05) is 18.2 Å². The highest BCUT2D eigenvalue weighted by Crippen LogP contribution is 2.20. The maximum absolute atomic E-state index is 12.6. The summed E-state index contributed by atoms with van der Waals surface area (Å²) in [6.45, 7) is 6.34. The predicted molar refractivity (Wildman–Crippen MR) is 144 cm³/mol. The summed E-state index contributed by atoms with van der Waals surface area (Å²) in [6, 6.07) is 21.9. The highest BCUT2D eigenvalue weighted by atomic mass is 16.5. The van der Waals surface area contributed by atoms with Gasteiger partial charge in [-0.1, -0.05) is 30.3 Å². The molecular formula is C30H35N3O3. The topological polar surface area (TPSA) is 65.4 Å². The van der Waals surface area contributed by atoms with E-state index in [0.717, 1.165) is 54.8 Å². The Morgan fingerprint density at radius 3 is 2.50 bits per heavy atom. The van der Waals surface area contributed by atoms with Crippen molar-refractivity contribution in [2.24, 2.45) is 0 Å². The second kappa shape index (κ2) is 12.2. The number of hydrogen-bond acceptors (Lipinski definition) is 4. The monoisotopic (exact) mass is 485 g/mol. The van der Waals surface area contributed by atoms with Crippen molar-refractivity contribution in [2.75, 3.05) is 20.3 Å². The molecule has 0 bridgehead atoms. The first kappa shape index (κ1) is 25.3. The van der Waals surface area contributed by atoms with Crippen LogP contribution in [0.2, 0.25) is 0 Å². The van der Waals surface area contributed by atoms with Crippen molar-refractivity contribution in [3.05, 3.63) is 89.2 Å². The molecule has 0 aliphatic rings. The number of hydrogen-bond donors (Lipinski definition) is 1. The van der Waals surface area contributed by atoms with Crippen molar-refractivity contribution in [3.8, 4) is 11.5 Å². The number of amides is 1. The third-order valence-corrected chi connectivity index (χ3v) is 6.19. The summed E-state index contributed by atoms with van der Waals surface area (Å²) in [6.07, 6.45) is 3.57. The Kier molecular flexibility index (Phi) is 8.61. The number of aryl methyl sites for hydroxylation is 4. The summed E-state index contributed by atoms with van der Waals surface area (Å²) < 4.78 is 13.6. The van der Waals surface area contributed by atoms with Gasteiger partial charge in [0.1, 0.15) is 17.3 Å². The fourth-order valence-electron chi connectivity index (χ4n) is 4.52. The van der Waals surface area contributed by atoms with Crippen LogP contribution in [0.4, 0.5) is 0 Å². The molecule has 0 unspecified atom stereocenters. The molecule has 3 aromatic carbocycles. The molecule has 188 valence electrons. The van der Waals surface area contributed by atoms with Gasteiger partial charge in [-0.05, 0) is 80.6 Å². The van der Waals surface area contributed by atoms with Crippen molar-refractivity contribution >= 4 is 16.9 Å². The van der Waals surface area contributed by atoms with E-state index in [1.165, 1.54) is 11.1 Å². The molecule has 1 N–H and O–H groups in total. The highest BCUT2D eigenvalue weighted by molar-refractivity contribution is 5.96. The number of fused-ring (bicyclic) bond motifs is 1. The third-order valence-electron chi connectivity index (χ3n) is 6.19. The Balaban J connectivity index is 1.30. The summed E-state index contributed by atoms with van der Waals surface area (Å²) in [5, 5.41) is 3.01. The Morgan fingerprint density at radius 1 is 0.944 bits per heavy atom. The standard InChI is InChI=1S/C30H35N3O3/c1-22-19-23(2)21-24(20-22)36-18-9-8-17-33-27-13-6-5-12-26(27)32-29(33)15-10-16-31-30(34)25-11-4-7-14-28(25)35-3/h4-7,11-14,19-21H,8-10,15-18H2,1-3H3,(H,31,34). The van der Waals surface area contributed by atoms with E-state index in [4.69, 9.17) is 14.5 Å². The van der Waals surface area contributed by atoms with Crippen molar-refractivity contribution < 1.29 is 14.3 Å². The van der Waals surface area contributed by atoms with Gasteiger partial charge in [0.25, 0.3) is 5.91 Å². The molecule has 6 nitrogen and oxygen atoms in total. The molecule has 4 rings (SSSR count). The van der Waals surface area contributed by atoms with Crippen molar-refractivity contribution in [1.82, 2.24) is 14.9 Å².